The van der Waals surface area contributed by atoms with Crippen molar-refractivity contribution in [1.29, 1.82) is 0 Å². The number of Topliss-reactive ketones (excluding diaryl/α,β-unsaturated/α-hetero) is 1. The second kappa shape index (κ2) is 9.87. The van der Waals surface area contributed by atoms with Gasteiger partial charge in [-0.1, -0.05) is 6.07 Å². The fourth-order valence-corrected chi connectivity index (χ4v) is 5.36. The van der Waals surface area contributed by atoms with Crippen LogP contribution in [0.2, 0.25) is 0 Å². The van der Waals surface area contributed by atoms with E-state index < -0.39 is 5.97 Å². The van der Waals surface area contributed by atoms with Crippen LogP contribution in [0.4, 0.5) is 5.69 Å². The summed E-state index contributed by atoms with van der Waals surface area (Å²) in [5.74, 6) is -1.32. The number of fused-ring (bicyclic) bond motifs is 1. The monoisotopic (exact) mass is 493 g/mol. The number of ether oxygens (including phenoxy) is 1. The molecule has 0 radical (unpaired) electrons. The molecule has 2 N–H and O–H groups in total. The van der Waals surface area contributed by atoms with Gasteiger partial charge in [-0.05, 0) is 60.5 Å². The van der Waals surface area contributed by atoms with E-state index in [9.17, 15) is 19.2 Å². The van der Waals surface area contributed by atoms with E-state index in [0.29, 0.717) is 41.2 Å². The Morgan fingerprint density at radius 2 is 1.91 bits per heavy atom. The zero-order valence-corrected chi connectivity index (χ0v) is 20.9. The van der Waals surface area contributed by atoms with Crippen molar-refractivity contribution in [2.24, 2.45) is 0 Å². The Balaban J connectivity index is 1.53. The Morgan fingerprint density at radius 3 is 2.63 bits per heavy atom. The van der Waals surface area contributed by atoms with E-state index in [1.807, 2.05) is 4.90 Å². The Hall–Kier alpha value is -3.72. The third-order valence-corrected chi connectivity index (χ3v) is 7.36. The number of carbonyl (C=O) groups is 4. The number of amides is 2. The van der Waals surface area contributed by atoms with Crippen LogP contribution in [0.15, 0.2) is 29.6 Å². The second-order valence-electron chi connectivity index (χ2n) is 8.58. The summed E-state index contributed by atoms with van der Waals surface area (Å²) in [4.78, 5) is 56.5. The molecule has 4 rings (SSSR count). The lowest BCUT2D eigenvalue weighted by molar-refractivity contribution is -0.115. The zero-order valence-electron chi connectivity index (χ0n) is 20.1. The van der Waals surface area contributed by atoms with Crippen molar-refractivity contribution < 1.29 is 23.9 Å². The van der Waals surface area contributed by atoms with Gasteiger partial charge in [-0.2, -0.15) is 0 Å². The van der Waals surface area contributed by atoms with Gasteiger partial charge in [0.05, 0.1) is 24.8 Å². The first kappa shape index (κ1) is 24.4. The van der Waals surface area contributed by atoms with Gasteiger partial charge in [0, 0.05) is 41.8 Å². The quantitative estimate of drug-likeness (QED) is 0.398. The normalized spacial score (nSPS) is 12.7. The van der Waals surface area contributed by atoms with Gasteiger partial charge in [0.1, 0.15) is 0 Å². The number of esters is 1. The molecule has 0 fully saturated rings. The zero-order chi connectivity index (χ0) is 25.3. The first-order valence-electron chi connectivity index (χ1n) is 11.3. The van der Waals surface area contributed by atoms with Crippen LogP contribution in [0, 0.1) is 13.8 Å². The lowest BCUT2D eigenvalue weighted by atomic mass is 10.0. The number of methoxy groups -OCH3 is 1. The maximum Gasteiger partial charge on any atom is 0.339 e. The number of nitrogens with zero attached hydrogens (tertiary/aromatic N) is 1. The average molecular weight is 494 g/mol. The number of H-pyrrole nitrogens is 1. The number of ketones is 1. The van der Waals surface area contributed by atoms with Crippen LogP contribution in [0.25, 0.3) is 0 Å². The molecule has 0 unspecified atom stereocenters. The van der Waals surface area contributed by atoms with E-state index in [2.05, 4.69) is 21.7 Å². The fourth-order valence-electron chi connectivity index (χ4n) is 4.47. The van der Waals surface area contributed by atoms with Gasteiger partial charge < -0.3 is 19.9 Å². The van der Waals surface area contributed by atoms with Gasteiger partial charge in [0.15, 0.2) is 5.78 Å². The van der Waals surface area contributed by atoms with Crippen LogP contribution < -0.4 is 5.32 Å². The maximum atomic E-state index is 13.3. The minimum atomic E-state index is -0.617. The van der Waals surface area contributed by atoms with E-state index in [-0.39, 0.29) is 35.3 Å². The van der Waals surface area contributed by atoms with Crippen molar-refractivity contribution in [2.45, 2.75) is 40.2 Å². The molecule has 0 spiro atoms. The molecule has 2 amide bonds. The molecule has 1 aliphatic heterocycles. The van der Waals surface area contributed by atoms with Gasteiger partial charge in [-0.3, -0.25) is 14.4 Å². The molecule has 0 bridgehead atoms. The summed E-state index contributed by atoms with van der Waals surface area (Å²) in [6, 6.07) is 7.30. The molecular formula is C26H27N3O5S. The molecule has 0 aliphatic carbocycles. The van der Waals surface area contributed by atoms with Crippen LogP contribution in [0.3, 0.4) is 0 Å². The molecule has 0 atom stereocenters. The summed E-state index contributed by atoms with van der Waals surface area (Å²) < 4.78 is 4.84. The molecule has 2 aromatic heterocycles. The fraction of sp³-hybridized carbons (Fsp3) is 0.308. The number of aromatic nitrogens is 1. The number of carbonyl (C=O) groups excluding carboxylic acids is 4. The first-order chi connectivity index (χ1) is 16.7. The summed E-state index contributed by atoms with van der Waals surface area (Å²) in [5.41, 5.74) is 4.12. The number of aromatic amines is 1. The Labute approximate surface area is 207 Å². The maximum absolute atomic E-state index is 13.3. The topological polar surface area (TPSA) is 109 Å². The van der Waals surface area contributed by atoms with Crippen molar-refractivity contribution in [3.8, 4) is 0 Å². The van der Waals surface area contributed by atoms with E-state index >= 15 is 0 Å². The van der Waals surface area contributed by atoms with Crippen LogP contribution in [-0.2, 0) is 28.9 Å². The van der Waals surface area contributed by atoms with Crippen molar-refractivity contribution in [2.75, 3.05) is 19.0 Å². The summed E-state index contributed by atoms with van der Waals surface area (Å²) in [5, 5.41) is 4.90. The van der Waals surface area contributed by atoms with Crippen molar-refractivity contribution in [1.82, 2.24) is 9.88 Å². The van der Waals surface area contributed by atoms with E-state index in [4.69, 9.17) is 4.74 Å². The predicted octanol–water partition coefficient (Wildman–Crippen LogP) is 4.06. The number of thiophene rings is 1. The van der Waals surface area contributed by atoms with Crippen molar-refractivity contribution >= 4 is 40.6 Å². The molecule has 0 saturated carbocycles. The molecule has 35 heavy (non-hydrogen) atoms. The Kier molecular flexibility index (Phi) is 6.88. The van der Waals surface area contributed by atoms with E-state index in [1.54, 1.807) is 43.4 Å². The number of nitrogens with one attached hydrogen (secondary N) is 2. The van der Waals surface area contributed by atoms with Crippen LogP contribution >= 0.6 is 11.3 Å². The standard InChI is InChI=1S/C26H27N3O5S/c1-14-18(25(32)29-10-8-21-17(13-29)9-11-35-21)6-5-7-19(14)27-22(31)12-20-23(26(33)34-4)15(2)24(28-20)16(3)30/h5-7,9,11,28H,8,10,12-13H2,1-4H3,(H,27,31). The SMILES string of the molecule is COC(=O)c1c(CC(=O)Nc2cccc(C(=O)N3CCc4sccc4C3)c2C)[nH]c(C(C)=O)c1C. The largest absolute Gasteiger partial charge is 0.465 e. The smallest absolute Gasteiger partial charge is 0.339 e. The molecule has 1 aromatic carbocycles. The molecular weight excluding hydrogens is 466 g/mol. The Bertz CT molecular complexity index is 1340. The van der Waals surface area contributed by atoms with Gasteiger partial charge in [0.2, 0.25) is 5.91 Å². The summed E-state index contributed by atoms with van der Waals surface area (Å²) in [6.07, 6.45) is 0.678. The highest BCUT2D eigenvalue weighted by molar-refractivity contribution is 7.10. The highest BCUT2D eigenvalue weighted by Crippen LogP contribution is 2.27. The summed E-state index contributed by atoms with van der Waals surface area (Å²) in [7, 11) is 1.25. The number of hydrogen-bond acceptors (Lipinski definition) is 6. The number of rotatable bonds is 6. The number of anilines is 1. The predicted molar refractivity (Wildman–Crippen MR) is 133 cm³/mol. The van der Waals surface area contributed by atoms with Gasteiger partial charge >= 0.3 is 5.97 Å². The second-order valence-corrected chi connectivity index (χ2v) is 9.58. The summed E-state index contributed by atoms with van der Waals surface area (Å²) in [6.45, 7) is 6.06. The van der Waals surface area contributed by atoms with Crippen molar-refractivity contribution in [3.05, 3.63) is 73.7 Å². The lowest BCUT2D eigenvalue weighted by Gasteiger charge is -2.28. The Morgan fingerprint density at radius 1 is 1.14 bits per heavy atom. The van der Waals surface area contributed by atoms with Crippen LogP contribution in [-0.4, -0.2) is 47.1 Å². The summed E-state index contributed by atoms with van der Waals surface area (Å²) >= 11 is 1.72. The third kappa shape index (κ3) is 4.77. The number of hydrogen-bond donors (Lipinski definition) is 2. The first-order valence-corrected chi connectivity index (χ1v) is 12.1. The van der Waals surface area contributed by atoms with E-state index in [1.165, 1.54) is 24.5 Å². The molecule has 3 heterocycles. The lowest BCUT2D eigenvalue weighted by Crippen LogP contribution is -2.35. The molecule has 0 saturated heterocycles. The highest BCUT2D eigenvalue weighted by Gasteiger charge is 2.26. The molecule has 8 nitrogen and oxygen atoms in total. The molecule has 3 aromatic rings. The minimum Gasteiger partial charge on any atom is -0.465 e. The third-order valence-electron chi connectivity index (χ3n) is 6.34. The van der Waals surface area contributed by atoms with Gasteiger partial charge in [-0.25, -0.2) is 4.79 Å². The number of benzene rings is 1. The van der Waals surface area contributed by atoms with Gasteiger partial charge in [-0.15, -0.1) is 11.3 Å². The average Bonchev–Trinajstić information content (AvgIpc) is 3.43. The van der Waals surface area contributed by atoms with Crippen LogP contribution in [0.5, 0.6) is 0 Å². The molecule has 1 aliphatic rings. The van der Waals surface area contributed by atoms with Crippen molar-refractivity contribution in [3.63, 3.8) is 0 Å². The van der Waals surface area contributed by atoms with Crippen LogP contribution in [0.1, 0.15) is 65.4 Å². The highest BCUT2D eigenvalue weighted by atomic mass is 32.1. The minimum absolute atomic E-state index is 0.0745. The van der Waals surface area contributed by atoms with E-state index in [0.717, 1.165) is 6.42 Å². The molecule has 9 heteroatoms. The molecule has 182 valence electrons. The van der Waals surface area contributed by atoms with Gasteiger partial charge in [0.25, 0.3) is 5.91 Å².